The zero-order valence-corrected chi connectivity index (χ0v) is 8.21. The second-order valence-electron chi connectivity index (χ2n) is 3.52. The first-order valence-electron chi connectivity index (χ1n) is 4.62. The van der Waals surface area contributed by atoms with Gasteiger partial charge in [-0.15, -0.1) is 0 Å². The summed E-state index contributed by atoms with van der Waals surface area (Å²) < 4.78 is 0. The molecule has 0 saturated carbocycles. The van der Waals surface area contributed by atoms with Crippen molar-refractivity contribution < 1.29 is 4.79 Å². The highest BCUT2D eigenvalue weighted by Crippen LogP contribution is 2.21. The van der Waals surface area contributed by atoms with Crippen molar-refractivity contribution in [2.75, 3.05) is 13.1 Å². The predicted octanol–water partition coefficient (Wildman–Crippen LogP) is 0.205. The van der Waals surface area contributed by atoms with E-state index < -0.39 is 0 Å². The fourth-order valence-electron chi connectivity index (χ4n) is 1.77. The number of likely N-dealkylation sites (tertiary alicyclic amines) is 1. The molecule has 3 nitrogen and oxygen atoms in total. The molecule has 2 atom stereocenters. The van der Waals surface area contributed by atoms with E-state index in [0.717, 1.165) is 13.0 Å². The molecule has 0 bridgehead atoms. The quantitative estimate of drug-likeness (QED) is 0.586. The van der Waals surface area contributed by atoms with Crippen LogP contribution >= 0.6 is 0 Å². The van der Waals surface area contributed by atoms with Gasteiger partial charge in [0.05, 0.1) is 0 Å². The van der Waals surface area contributed by atoms with Crippen molar-refractivity contribution in [3.63, 3.8) is 0 Å². The number of nitrogens with two attached hydrogens (primary N) is 1. The van der Waals surface area contributed by atoms with E-state index in [-0.39, 0.29) is 5.91 Å². The summed E-state index contributed by atoms with van der Waals surface area (Å²) in [6.45, 7) is 5.16. The zero-order chi connectivity index (χ0) is 9.84. The minimum Gasteiger partial charge on any atom is -0.330 e. The van der Waals surface area contributed by atoms with Crippen LogP contribution in [0.15, 0.2) is 0 Å². The van der Waals surface area contributed by atoms with E-state index in [1.807, 2.05) is 11.8 Å². The molecule has 2 N–H and O–H groups in total. The van der Waals surface area contributed by atoms with Gasteiger partial charge in [-0.05, 0) is 38.7 Å². The Morgan fingerprint density at radius 2 is 2.38 bits per heavy atom. The van der Waals surface area contributed by atoms with Gasteiger partial charge in [-0.2, -0.15) is 0 Å². The normalized spacial score (nSPS) is 26.8. The number of nitrogens with zero attached hydrogens (tertiary/aromatic N) is 1. The van der Waals surface area contributed by atoms with Crippen molar-refractivity contribution in [1.29, 1.82) is 0 Å². The van der Waals surface area contributed by atoms with Crippen molar-refractivity contribution in [1.82, 2.24) is 4.90 Å². The summed E-state index contributed by atoms with van der Waals surface area (Å²) in [5.74, 6) is 5.58. The van der Waals surface area contributed by atoms with Crippen LogP contribution in [0.5, 0.6) is 0 Å². The maximum Gasteiger partial charge on any atom is 0.298 e. The Morgan fingerprint density at radius 1 is 1.69 bits per heavy atom. The van der Waals surface area contributed by atoms with Gasteiger partial charge < -0.3 is 10.6 Å². The van der Waals surface area contributed by atoms with Gasteiger partial charge in [-0.25, -0.2) is 0 Å². The molecule has 13 heavy (non-hydrogen) atoms. The standard InChI is InChI=1S/C10H16N2O/c1-3-4-10(13)12-7-9(6-11)5-8(12)2/h8-9H,5-7,11H2,1-2H3. The van der Waals surface area contributed by atoms with Crippen LogP contribution in [0, 0.1) is 17.8 Å². The molecule has 0 aromatic rings. The Kier molecular flexibility index (Phi) is 3.32. The van der Waals surface area contributed by atoms with Crippen molar-refractivity contribution in [2.24, 2.45) is 11.7 Å². The Hall–Kier alpha value is -1.01. The Balaban J connectivity index is 2.60. The molecule has 1 aliphatic rings. The molecule has 1 rings (SSSR count). The van der Waals surface area contributed by atoms with Crippen LogP contribution < -0.4 is 5.73 Å². The molecule has 3 heteroatoms. The fourth-order valence-corrected chi connectivity index (χ4v) is 1.77. The molecule has 1 saturated heterocycles. The zero-order valence-electron chi connectivity index (χ0n) is 8.21. The van der Waals surface area contributed by atoms with Crippen LogP contribution in [-0.4, -0.2) is 29.9 Å². The fraction of sp³-hybridized carbons (Fsp3) is 0.700. The third kappa shape index (κ3) is 2.22. The first-order chi connectivity index (χ1) is 6.19. The SMILES string of the molecule is CC#CC(=O)N1CC(CN)CC1C. The van der Waals surface area contributed by atoms with E-state index in [2.05, 4.69) is 11.8 Å². The lowest BCUT2D eigenvalue weighted by Gasteiger charge is -2.17. The smallest absolute Gasteiger partial charge is 0.298 e. The number of rotatable bonds is 1. The Morgan fingerprint density at radius 3 is 2.85 bits per heavy atom. The number of amides is 1. The average molecular weight is 180 g/mol. The summed E-state index contributed by atoms with van der Waals surface area (Å²) in [6, 6.07) is 0.293. The third-order valence-electron chi connectivity index (χ3n) is 2.49. The Bertz CT molecular complexity index is 251. The lowest BCUT2D eigenvalue weighted by molar-refractivity contribution is -0.125. The Labute approximate surface area is 79.3 Å². The maximum absolute atomic E-state index is 11.4. The van der Waals surface area contributed by atoms with Gasteiger partial charge in [0.15, 0.2) is 0 Å². The molecule has 1 amide bonds. The van der Waals surface area contributed by atoms with Crippen molar-refractivity contribution in [2.45, 2.75) is 26.3 Å². The van der Waals surface area contributed by atoms with Crippen LogP contribution in [0.25, 0.3) is 0 Å². The van der Waals surface area contributed by atoms with Crippen LogP contribution in [0.4, 0.5) is 0 Å². The second kappa shape index (κ2) is 4.29. The highest BCUT2D eigenvalue weighted by molar-refractivity contribution is 5.93. The van der Waals surface area contributed by atoms with E-state index in [4.69, 9.17) is 5.73 Å². The molecule has 0 aliphatic carbocycles. The summed E-state index contributed by atoms with van der Waals surface area (Å²) in [5, 5.41) is 0. The lowest BCUT2D eigenvalue weighted by Crippen LogP contribution is -2.33. The molecule has 72 valence electrons. The van der Waals surface area contributed by atoms with Gasteiger partial charge in [0.25, 0.3) is 5.91 Å². The molecule has 0 aromatic carbocycles. The van der Waals surface area contributed by atoms with Gasteiger partial charge >= 0.3 is 0 Å². The number of carbonyl (C=O) groups is 1. The summed E-state index contributed by atoms with van der Waals surface area (Å²) in [4.78, 5) is 13.2. The number of hydrogen-bond donors (Lipinski definition) is 1. The third-order valence-corrected chi connectivity index (χ3v) is 2.49. The summed E-state index contributed by atoms with van der Waals surface area (Å²) >= 11 is 0. The molecular weight excluding hydrogens is 164 g/mol. The van der Waals surface area contributed by atoms with E-state index in [1.54, 1.807) is 6.92 Å². The highest BCUT2D eigenvalue weighted by atomic mass is 16.2. The first-order valence-corrected chi connectivity index (χ1v) is 4.62. The van der Waals surface area contributed by atoms with E-state index in [9.17, 15) is 4.79 Å². The number of carbonyl (C=O) groups excluding carboxylic acids is 1. The molecule has 2 unspecified atom stereocenters. The van der Waals surface area contributed by atoms with Crippen molar-refractivity contribution in [3.8, 4) is 11.8 Å². The van der Waals surface area contributed by atoms with Crippen LogP contribution in [0.1, 0.15) is 20.3 Å². The second-order valence-corrected chi connectivity index (χ2v) is 3.52. The van der Waals surface area contributed by atoms with Gasteiger partial charge in [0, 0.05) is 12.6 Å². The van der Waals surface area contributed by atoms with Crippen molar-refractivity contribution in [3.05, 3.63) is 0 Å². The van der Waals surface area contributed by atoms with Gasteiger partial charge in [-0.1, -0.05) is 5.92 Å². The predicted molar refractivity (Wildman–Crippen MR) is 51.8 cm³/mol. The first kappa shape index (κ1) is 10.1. The monoisotopic (exact) mass is 180 g/mol. The van der Waals surface area contributed by atoms with Crippen LogP contribution in [0.3, 0.4) is 0 Å². The summed E-state index contributed by atoms with van der Waals surface area (Å²) in [6.07, 6.45) is 1.01. The largest absolute Gasteiger partial charge is 0.330 e. The molecule has 0 radical (unpaired) electrons. The van der Waals surface area contributed by atoms with E-state index in [0.29, 0.717) is 18.5 Å². The van der Waals surface area contributed by atoms with Crippen molar-refractivity contribution >= 4 is 5.91 Å². The summed E-state index contributed by atoms with van der Waals surface area (Å²) in [7, 11) is 0. The molecular formula is C10H16N2O. The minimum atomic E-state index is -0.0639. The van der Waals surface area contributed by atoms with E-state index >= 15 is 0 Å². The number of hydrogen-bond acceptors (Lipinski definition) is 2. The molecule has 0 aromatic heterocycles. The van der Waals surface area contributed by atoms with Crippen LogP contribution in [0.2, 0.25) is 0 Å². The topological polar surface area (TPSA) is 46.3 Å². The van der Waals surface area contributed by atoms with Gasteiger partial charge in [0.1, 0.15) is 0 Å². The molecule has 1 aliphatic heterocycles. The van der Waals surface area contributed by atoms with Crippen LogP contribution in [-0.2, 0) is 4.79 Å². The average Bonchev–Trinajstić information content (AvgIpc) is 2.47. The highest BCUT2D eigenvalue weighted by Gasteiger charge is 2.30. The van der Waals surface area contributed by atoms with Gasteiger partial charge in [-0.3, -0.25) is 4.79 Å². The lowest BCUT2D eigenvalue weighted by atomic mass is 10.1. The van der Waals surface area contributed by atoms with E-state index in [1.165, 1.54) is 0 Å². The molecule has 0 spiro atoms. The molecule has 1 heterocycles. The summed E-state index contributed by atoms with van der Waals surface area (Å²) in [5.41, 5.74) is 5.56. The molecule has 1 fully saturated rings. The maximum atomic E-state index is 11.4. The van der Waals surface area contributed by atoms with Gasteiger partial charge in [0.2, 0.25) is 0 Å². The minimum absolute atomic E-state index is 0.0639.